The molecule has 0 aromatic heterocycles. The first-order valence-electron chi connectivity index (χ1n) is 6.18. The molecule has 6 nitrogen and oxygen atoms in total. The van der Waals surface area contributed by atoms with Crippen LogP contribution in [0, 0.1) is 11.8 Å². The zero-order chi connectivity index (χ0) is 15.1. The fourth-order valence-electron chi connectivity index (χ4n) is 1.60. The van der Waals surface area contributed by atoms with Crippen molar-refractivity contribution in [1.82, 2.24) is 0 Å². The molecule has 0 aromatic carbocycles. The van der Waals surface area contributed by atoms with E-state index in [9.17, 15) is 17.8 Å². The van der Waals surface area contributed by atoms with Crippen molar-refractivity contribution in [3.05, 3.63) is 0 Å². The zero-order valence-corrected chi connectivity index (χ0v) is 13.7. The number of carbonyl (C=O) groups excluding carboxylic acids is 1. The van der Waals surface area contributed by atoms with E-state index in [-0.39, 0.29) is 31.0 Å². The Labute approximate surface area is 115 Å². The molecule has 2 unspecified atom stereocenters. The predicted molar refractivity (Wildman–Crippen MR) is 74.2 cm³/mol. The molecule has 0 N–H and O–H groups in total. The van der Waals surface area contributed by atoms with Crippen molar-refractivity contribution < 1.29 is 26.7 Å². The topological polar surface area (TPSA) is 86.7 Å². The second kappa shape index (κ2) is 8.72. The maximum atomic E-state index is 11.8. The van der Waals surface area contributed by atoms with Gasteiger partial charge in [-0.2, -0.15) is 8.42 Å². The van der Waals surface area contributed by atoms with E-state index in [2.05, 4.69) is 4.18 Å². The Kier molecular flexibility index (Phi) is 8.54. The fourth-order valence-corrected chi connectivity index (χ4v) is 3.98. The quantitative estimate of drug-likeness (QED) is 0.366. The van der Waals surface area contributed by atoms with Crippen LogP contribution in [0.25, 0.3) is 0 Å². The smallest absolute Gasteiger partial charge is 0.309 e. The molecule has 0 spiro atoms. The molecule has 0 amide bonds. The molecule has 0 radical (unpaired) electrons. The van der Waals surface area contributed by atoms with Gasteiger partial charge in [0, 0.05) is 6.16 Å². The SMILES string of the molecule is CCOC(=O)C(CC(C)C)C[PH](=O)COS(C)(=O)=O. The van der Waals surface area contributed by atoms with Crippen molar-refractivity contribution >= 4 is 23.9 Å². The highest BCUT2D eigenvalue weighted by Gasteiger charge is 2.24. The molecule has 0 aromatic rings. The van der Waals surface area contributed by atoms with Crippen molar-refractivity contribution in [3.63, 3.8) is 0 Å². The summed E-state index contributed by atoms with van der Waals surface area (Å²) in [5.74, 6) is -0.580. The van der Waals surface area contributed by atoms with Gasteiger partial charge in [0.15, 0.2) is 0 Å². The van der Waals surface area contributed by atoms with Crippen molar-refractivity contribution in [1.29, 1.82) is 0 Å². The van der Waals surface area contributed by atoms with Crippen molar-refractivity contribution in [2.45, 2.75) is 27.2 Å². The monoisotopic (exact) mass is 314 g/mol. The number of hydrogen-bond donors (Lipinski definition) is 0. The van der Waals surface area contributed by atoms with Crippen LogP contribution < -0.4 is 0 Å². The first-order valence-corrected chi connectivity index (χ1v) is 9.82. The summed E-state index contributed by atoms with van der Waals surface area (Å²) in [4.78, 5) is 11.7. The molecular formula is C11H23O6PS. The van der Waals surface area contributed by atoms with Gasteiger partial charge >= 0.3 is 5.97 Å². The van der Waals surface area contributed by atoms with Gasteiger partial charge in [-0.05, 0) is 19.3 Å². The lowest BCUT2D eigenvalue weighted by molar-refractivity contribution is -0.147. The van der Waals surface area contributed by atoms with Crippen LogP contribution in [0.3, 0.4) is 0 Å². The highest BCUT2D eigenvalue weighted by molar-refractivity contribution is 7.86. The Morgan fingerprint density at radius 3 is 2.32 bits per heavy atom. The van der Waals surface area contributed by atoms with Gasteiger partial charge in [0.1, 0.15) is 14.1 Å². The van der Waals surface area contributed by atoms with E-state index in [4.69, 9.17) is 4.74 Å². The first-order chi connectivity index (χ1) is 8.65. The minimum Gasteiger partial charge on any atom is -0.466 e. The van der Waals surface area contributed by atoms with E-state index in [1.165, 1.54) is 0 Å². The number of esters is 1. The number of ether oxygens (including phenoxy) is 1. The van der Waals surface area contributed by atoms with Crippen molar-refractivity contribution in [2.24, 2.45) is 11.8 Å². The summed E-state index contributed by atoms with van der Waals surface area (Å²) in [5, 5.41) is 0. The molecule has 0 aliphatic rings. The molecule has 8 heteroatoms. The largest absolute Gasteiger partial charge is 0.466 e. The van der Waals surface area contributed by atoms with E-state index in [1.807, 2.05) is 13.8 Å². The minimum absolute atomic E-state index is 0.122. The summed E-state index contributed by atoms with van der Waals surface area (Å²) in [6, 6.07) is 0. The molecule has 0 fully saturated rings. The number of hydrogen-bond acceptors (Lipinski definition) is 6. The standard InChI is InChI=1S/C11H23O6PS/c1-5-16-11(12)10(6-9(2)3)7-18(13)8-17-19(4,14)15/h9-10,18H,5-8H2,1-4H3. The van der Waals surface area contributed by atoms with Crippen LogP contribution in [0.1, 0.15) is 27.2 Å². The fraction of sp³-hybridized carbons (Fsp3) is 0.909. The molecule has 0 saturated heterocycles. The third-order valence-electron chi connectivity index (χ3n) is 2.28. The Balaban J connectivity index is 4.46. The summed E-state index contributed by atoms with van der Waals surface area (Å²) >= 11 is 0. The predicted octanol–water partition coefficient (Wildman–Crippen LogP) is 1.71. The first kappa shape index (κ1) is 18.6. The maximum absolute atomic E-state index is 11.8. The van der Waals surface area contributed by atoms with Crippen LogP contribution in [-0.2, 0) is 28.4 Å². The van der Waals surface area contributed by atoms with Crippen LogP contribution in [0.4, 0.5) is 0 Å². The summed E-state index contributed by atoms with van der Waals surface area (Å²) in [6.45, 7) is 5.89. The lowest BCUT2D eigenvalue weighted by atomic mass is 9.99. The van der Waals surface area contributed by atoms with Gasteiger partial charge in [0.05, 0.1) is 18.8 Å². The van der Waals surface area contributed by atoms with Crippen LogP contribution in [0.2, 0.25) is 0 Å². The molecule has 19 heavy (non-hydrogen) atoms. The van der Waals surface area contributed by atoms with Gasteiger partial charge in [0.25, 0.3) is 10.1 Å². The molecule has 0 rings (SSSR count). The second-order valence-electron chi connectivity index (χ2n) is 4.79. The highest BCUT2D eigenvalue weighted by atomic mass is 32.2. The average Bonchev–Trinajstić information content (AvgIpc) is 2.24. The van der Waals surface area contributed by atoms with Crippen LogP contribution in [0.5, 0.6) is 0 Å². The Morgan fingerprint density at radius 1 is 1.32 bits per heavy atom. The summed E-state index contributed by atoms with van der Waals surface area (Å²) < 4.78 is 42.8. The van der Waals surface area contributed by atoms with E-state index < -0.39 is 23.8 Å². The molecule has 0 heterocycles. The van der Waals surface area contributed by atoms with Crippen molar-refractivity contribution in [2.75, 3.05) is 25.4 Å². The van der Waals surface area contributed by atoms with Gasteiger partial charge in [-0.1, -0.05) is 13.8 Å². The van der Waals surface area contributed by atoms with Gasteiger partial charge in [-0.3, -0.25) is 8.98 Å². The van der Waals surface area contributed by atoms with E-state index >= 15 is 0 Å². The van der Waals surface area contributed by atoms with Crippen LogP contribution in [-0.4, -0.2) is 39.8 Å². The van der Waals surface area contributed by atoms with Gasteiger partial charge in [-0.15, -0.1) is 0 Å². The van der Waals surface area contributed by atoms with Gasteiger partial charge in [-0.25, -0.2) is 0 Å². The van der Waals surface area contributed by atoms with Crippen LogP contribution >= 0.6 is 7.80 Å². The molecule has 0 aliphatic heterocycles. The third-order valence-corrected chi connectivity index (χ3v) is 4.45. The van der Waals surface area contributed by atoms with Gasteiger partial charge in [0.2, 0.25) is 0 Å². The number of rotatable bonds is 9. The summed E-state index contributed by atoms with van der Waals surface area (Å²) in [7, 11) is -5.88. The van der Waals surface area contributed by atoms with E-state index in [0.717, 1.165) is 6.26 Å². The molecular weight excluding hydrogens is 291 g/mol. The van der Waals surface area contributed by atoms with Gasteiger partial charge < -0.3 is 9.30 Å². The molecule has 114 valence electrons. The Bertz CT molecular complexity index is 403. The number of carbonyl (C=O) groups is 1. The molecule has 0 saturated carbocycles. The van der Waals surface area contributed by atoms with E-state index in [1.54, 1.807) is 6.92 Å². The highest BCUT2D eigenvalue weighted by Crippen LogP contribution is 2.28. The van der Waals surface area contributed by atoms with E-state index in [0.29, 0.717) is 6.42 Å². The molecule has 0 aliphatic carbocycles. The third kappa shape index (κ3) is 10.1. The Morgan fingerprint density at radius 2 is 1.89 bits per heavy atom. The Hall–Kier alpha value is -0.390. The average molecular weight is 314 g/mol. The second-order valence-corrected chi connectivity index (χ2v) is 8.21. The minimum atomic E-state index is -3.60. The summed E-state index contributed by atoms with van der Waals surface area (Å²) in [5.41, 5.74) is 0. The normalized spacial score (nSPS) is 15.2. The lowest BCUT2D eigenvalue weighted by Crippen LogP contribution is -2.22. The van der Waals surface area contributed by atoms with Crippen LogP contribution in [0.15, 0.2) is 0 Å². The summed E-state index contributed by atoms with van der Waals surface area (Å²) in [6.07, 6.45) is 1.24. The lowest BCUT2D eigenvalue weighted by Gasteiger charge is -2.17. The zero-order valence-electron chi connectivity index (χ0n) is 11.8. The van der Waals surface area contributed by atoms with Crippen molar-refractivity contribution in [3.8, 4) is 0 Å². The maximum Gasteiger partial charge on any atom is 0.309 e. The molecule has 2 atom stereocenters. The molecule has 0 bridgehead atoms.